The van der Waals surface area contributed by atoms with Crippen LogP contribution in [0.15, 0.2) is 54.6 Å². The highest BCUT2D eigenvalue weighted by Gasteiger charge is 2.29. The fraction of sp³-hybridized carbons (Fsp3) is 0.227. The molecule has 0 N–H and O–H groups in total. The van der Waals surface area contributed by atoms with E-state index in [9.17, 15) is 9.59 Å². The molecule has 5 nitrogen and oxygen atoms in total. The molecule has 27 heavy (non-hydrogen) atoms. The van der Waals surface area contributed by atoms with Crippen molar-refractivity contribution in [2.45, 2.75) is 27.3 Å². The number of carbonyl (C=O) groups excluding carboxylic acids is 2. The minimum Gasteiger partial charge on any atom is -0.301 e. The van der Waals surface area contributed by atoms with Gasteiger partial charge in [0.1, 0.15) is 0 Å². The van der Waals surface area contributed by atoms with E-state index in [1.807, 2.05) is 61.5 Å². The third-order valence-corrected chi connectivity index (χ3v) is 4.70. The number of benzene rings is 2. The Balaban J connectivity index is 1.99. The number of carbonyl (C=O) groups is 2. The van der Waals surface area contributed by atoms with Crippen LogP contribution in [0.5, 0.6) is 0 Å². The molecule has 1 heterocycles. The second-order valence-electron chi connectivity index (χ2n) is 6.71. The number of amides is 1. The minimum atomic E-state index is -0.554. The molecule has 1 amide bonds. The average molecular weight is 361 g/mol. The van der Waals surface area contributed by atoms with Crippen molar-refractivity contribution in [1.82, 2.24) is 9.78 Å². The van der Waals surface area contributed by atoms with Crippen LogP contribution in [-0.4, -0.2) is 21.5 Å². The van der Waals surface area contributed by atoms with Crippen molar-refractivity contribution in [3.8, 4) is 0 Å². The minimum absolute atomic E-state index is 0.326. The Morgan fingerprint density at radius 3 is 2.15 bits per heavy atom. The molecular weight excluding hydrogens is 338 g/mol. The zero-order valence-corrected chi connectivity index (χ0v) is 16.1. The summed E-state index contributed by atoms with van der Waals surface area (Å²) >= 11 is 0. The SMILES string of the molecule is Cc1ccc(N(Cc2ccccc2)C(=O)C(=O)c2c(C)nn(C)c2C)cc1. The monoisotopic (exact) mass is 361 g/mol. The second-order valence-corrected chi connectivity index (χ2v) is 6.71. The summed E-state index contributed by atoms with van der Waals surface area (Å²) in [7, 11) is 1.77. The molecule has 2 aromatic carbocycles. The van der Waals surface area contributed by atoms with Crippen molar-refractivity contribution in [2.75, 3.05) is 4.90 Å². The molecule has 0 bridgehead atoms. The van der Waals surface area contributed by atoms with Crippen LogP contribution in [0, 0.1) is 20.8 Å². The van der Waals surface area contributed by atoms with Crippen LogP contribution < -0.4 is 4.90 Å². The zero-order chi connectivity index (χ0) is 19.6. The van der Waals surface area contributed by atoms with E-state index in [4.69, 9.17) is 0 Å². The Bertz CT molecular complexity index is 973. The van der Waals surface area contributed by atoms with Gasteiger partial charge < -0.3 is 4.90 Å². The molecule has 0 radical (unpaired) electrons. The molecule has 0 unspecified atom stereocenters. The van der Waals surface area contributed by atoms with Gasteiger partial charge >= 0.3 is 0 Å². The van der Waals surface area contributed by atoms with Gasteiger partial charge in [-0.3, -0.25) is 14.3 Å². The van der Waals surface area contributed by atoms with Crippen LogP contribution >= 0.6 is 0 Å². The van der Waals surface area contributed by atoms with Crippen molar-refractivity contribution in [3.05, 3.63) is 82.7 Å². The van der Waals surface area contributed by atoms with E-state index in [2.05, 4.69) is 5.10 Å². The van der Waals surface area contributed by atoms with Gasteiger partial charge in [0.25, 0.3) is 11.7 Å². The molecule has 0 fully saturated rings. The van der Waals surface area contributed by atoms with E-state index in [-0.39, 0.29) is 0 Å². The summed E-state index contributed by atoms with van der Waals surface area (Å²) < 4.78 is 1.63. The molecule has 0 saturated heterocycles. The lowest BCUT2D eigenvalue weighted by Crippen LogP contribution is -2.36. The molecule has 3 rings (SSSR count). The molecule has 0 atom stereocenters. The zero-order valence-electron chi connectivity index (χ0n) is 16.1. The molecule has 5 heteroatoms. The summed E-state index contributed by atoms with van der Waals surface area (Å²) in [6.45, 7) is 5.86. The first-order valence-corrected chi connectivity index (χ1v) is 8.85. The number of aromatic nitrogens is 2. The van der Waals surface area contributed by atoms with Crippen LogP contribution in [0.1, 0.15) is 32.9 Å². The summed E-state index contributed by atoms with van der Waals surface area (Å²) in [4.78, 5) is 27.7. The Kier molecular flexibility index (Phi) is 5.21. The van der Waals surface area contributed by atoms with E-state index in [0.717, 1.165) is 11.1 Å². The number of ketones is 1. The predicted molar refractivity (Wildman–Crippen MR) is 106 cm³/mol. The first-order valence-electron chi connectivity index (χ1n) is 8.85. The summed E-state index contributed by atoms with van der Waals surface area (Å²) in [5.41, 5.74) is 4.39. The van der Waals surface area contributed by atoms with E-state index in [0.29, 0.717) is 29.2 Å². The maximum absolute atomic E-state index is 13.2. The smallest absolute Gasteiger partial charge is 0.299 e. The maximum atomic E-state index is 13.2. The van der Waals surface area contributed by atoms with Gasteiger partial charge in [-0.2, -0.15) is 5.10 Å². The van der Waals surface area contributed by atoms with Gasteiger partial charge in [0.2, 0.25) is 0 Å². The highest BCUT2D eigenvalue weighted by atomic mass is 16.2. The molecular formula is C22H23N3O2. The summed E-state index contributed by atoms with van der Waals surface area (Å²) in [6.07, 6.45) is 0. The van der Waals surface area contributed by atoms with Crippen molar-refractivity contribution in [2.24, 2.45) is 7.05 Å². The average Bonchev–Trinajstić information content (AvgIpc) is 2.92. The van der Waals surface area contributed by atoms with Gasteiger partial charge in [0, 0.05) is 18.4 Å². The quantitative estimate of drug-likeness (QED) is 0.514. The Morgan fingerprint density at radius 1 is 0.963 bits per heavy atom. The fourth-order valence-corrected chi connectivity index (χ4v) is 3.10. The summed E-state index contributed by atoms with van der Waals surface area (Å²) in [5, 5.41) is 4.27. The number of hydrogen-bond acceptors (Lipinski definition) is 3. The van der Waals surface area contributed by atoms with Crippen molar-refractivity contribution in [3.63, 3.8) is 0 Å². The van der Waals surface area contributed by atoms with E-state index in [1.54, 1.807) is 25.6 Å². The molecule has 0 aliphatic carbocycles. The molecule has 1 aromatic heterocycles. The van der Waals surface area contributed by atoms with E-state index >= 15 is 0 Å². The second kappa shape index (κ2) is 7.58. The lowest BCUT2D eigenvalue weighted by Gasteiger charge is -2.22. The molecule has 0 saturated carbocycles. The van der Waals surface area contributed by atoms with Crippen LogP contribution in [-0.2, 0) is 18.4 Å². The summed E-state index contributed by atoms with van der Waals surface area (Å²) in [6, 6.07) is 17.3. The topological polar surface area (TPSA) is 55.2 Å². The van der Waals surface area contributed by atoms with Gasteiger partial charge in [0.05, 0.1) is 17.8 Å². The summed E-state index contributed by atoms with van der Waals surface area (Å²) in [5.74, 6) is -1.09. The van der Waals surface area contributed by atoms with E-state index < -0.39 is 11.7 Å². The molecule has 138 valence electrons. The lowest BCUT2D eigenvalue weighted by atomic mass is 10.1. The van der Waals surface area contributed by atoms with Crippen LogP contribution in [0.4, 0.5) is 5.69 Å². The van der Waals surface area contributed by atoms with Crippen LogP contribution in [0.2, 0.25) is 0 Å². The normalized spacial score (nSPS) is 10.7. The van der Waals surface area contributed by atoms with E-state index in [1.165, 1.54) is 4.90 Å². The molecule has 0 aliphatic rings. The number of rotatable bonds is 5. The number of hydrogen-bond donors (Lipinski definition) is 0. The molecule has 0 spiro atoms. The van der Waals surface area contributed by atoms with Crippen LogP contribution in [0.3, 0.4) is 0 Å². The lowest BCUT2D eigenvalue weighted by molar-refractivity contribution is -0.114. The van der Waals surface area contributed by atoms with Crippen molar-refractivity contribution in [1.29, 1.82) is 0 Å². The Hall–Kier alpha value is -3.21. The van der Waals surface area contributed by atoms with Gasteiger partial charge in [-0.25, -0.2) is 0 Å². The largest absolute Gasteiger partial charge is 0.301 e. The Morgan fingerprint density at radius 2 is 1.59 bits per heavy atom. The third-order valence-electron chi connectivity index (χ3n) is 4.70. The van der Waals surface area contributed by atoms with Crippen molar-refractivity contribution < 1.29 is 9.59 Å². The first-order chi connectivity index (χ1) is 12.9. The van der Waals surface area contributed by atoms with Crippen LogP contribution in [0.25, 0.3) is 0 Å². The highest BCUT2D eigenvalue weighted by Crippen LogP contribution is 2.21. The van der Waals surface area contributed by atoms with Gasteiger partial charge in [0.15, 0.2) is 0 Å². The molecule has 0 aliphatic heterocycles. The Labute approximate surface area is 159 Å². The number of anilines is 1. The molecule has 3 aromatic rings. The first kappa shape index (κ1) is 18.6. The predicted octanol–water partition coefficient (Wildman–Crippen LogP) is 3.76. The van der Waals surface area contributed by atoms with Gasteiger partial charge in [-0.05, 0) is 38.5 Å². The maximum Gasteiger partial charge on any atom is 0.299 e. The standard InChI is InChI=1S/C22H23N3O2/c1-15-10-12-19(13-11-15)25(14-18-8-6-5-7-9-18)22(27)21(26)20-16(2)23-24(4)17(20)3/h5-13H,14H2,1-4H3. The highest BCUT2D eigenvalue weighted by molar-refractivity contribution is 6.47. The van der Waals surface area contributed by atoms with Crippen molar-refractivity contribution >= 4 is 17.4 Å². The van der Waals surface area contributed by atoms with Gasteiger partial charge in [-0.1, -0.05) is 48.0 Å². The van der Waals surface area contributed by atoms with Gasteiger partial charge in [-0.15, -0.1) is 0 Å². The number of nitrogens with zero attached hydrogens (tertiary/aromatic N) is 3. The number of aryl methyl sites for hydroxylation is 3. The third kappa shape index (κ3) is 3.82. The number of Topliss-reactive ketones (excluding diaryl/α,β-unsaturated/α-hetero) is 1. The fourth-order valence-electron chi connectivity index (χ4n) is 3.10.